The number of amides is 3. The van der Waals surface area contributed by atoms with Gasteiger partial charge in [-0.15, -0.1) is 12.4 Å². The highest BCUT2D eigenvalue weighted by molar-refractivity contribution is 5.85. The average Bonchev–Trinajstić information content (AvgIpc) is 2.61. The summed E-state index contributed by atoms with van der Waals surface area (Å²) in [6.45, 7) is 13.0. The Morgan fingerprint density at radius 2 is 1.50 bits per heavy atom. The Morgan fingerprint density at radius 3 is 2.04 bits per heavy atom. The van der Waals surface area contributed by atoms with Gasteiger partial charge in [-0.1, -0.05) is 0 Å². The standard InChI is InChI=1S/C16H31N5O2.ClH/c1-3-19(4-2)16(23)21-13-11-18(12-14-21)8-5-15(22)20-9-6-17-7-10-20;/h17H,3-14H2,1-2H3;1H. The molecule has 0 radical (unpaired) electrons. The molecular formula is C16H32ClN5O2. The normalized spacial score (nSPS) is 18.9. The lowest BCUT2D eigenvalue weighted by molar-refractivity contribution is -0.132. The Balaban J connectivity index is 0.00000288. The first kappa shape index (κ1) is 21.0. The number of halogens is 1. The van der Waals surface area contributed by atoms with Gasteiger partial charge in [0.2, 0.25) is 5.91 Å². The second kappa shape index (κ2) is 10.7. The third-order valence-corrected chi connectivity index (χ3v) is 4.79. The highest BCUT2D eigenvalue weighted by Crippen LogP contribution is 2.07. The molecule has 0 unspecified atom stereocenters. The minimum absolute atomic E-state index is 0. The zero-order chi connectivity index (χ0) is 16.7. The number of nitrogens with zero attached hydrogens (tertiary/aromatic N) is 4. The second-order valence-corrected chi connectivity index (χ2v) is 6.16. The van der Waals surface area contributed by atoms with Crippen molar-refractivity contribution in [1.82, 2.24) is 24.9 Å². The number of carbonyl (C=O) groups excluding carboxylic acids is 2. The van der Waals surface area contributed by atoms with Gasteiger partial charge in [0.1, 0.15) is 0 Å². The van der Waals surface area contributed by atoms with Crippen LogP contribution in [0.3, 0.4) is 0 Å². The van der Waals surface area contributed by atoms with Crippen molar-refractivity contribution in [3.63, 3.8) is 0 Å². The van der Waals surface area contributed by atoms with Gasteiger partial charge < -0.3 is 20.0 Å². The van der Waals surface area contributed by atoms with Crippen molar-refractivity contribution in [2.24, 2.45) is 0 Å². The summed E-state index contributed by atoms with van der Waals surface area (Å²) in [5.41, 5.74) is 0. The fourth-order valence-corrected chi connectivity index (χ4v) is 3.18. The van der Waals surface area contributed by atoms with Gasteiger partial charge in [0.25, 0.3) is 0 Å². The lowest BCUT2D eigenvalue weighted by atomic mass is 10.2. The Hall–Kier alpha value is -1.05. The van der Waals surface area contributed by atoms with Crippen LogP contribution in [-0.2, 0) is 4.79 Å². The summed E-state index contributed by atoms with van der Waals surface area (Å²) in [6, 6.07) is 0.145. The molecule has 0 saturated carbocycles. The zero-order valence-electron chi connectivity index (χ0n) is 15.0. The van der Waals surface area contributed by atoms with E-state index in [2.05, 4.69) is 10.2 Å². The van der Waals surface area contributed by atoms with Crippen molar-refractivity contribution in [3.05, 3.63) is 0 Å². The topological polar surface area (TPSA) is 59.1 Å². The van der Waals surface area contributed by atoms with Gasteiger partial charge in [-0.25, -0.2) is 4.79 Å². The summed E-state index contributed by atoms with van der Waals surface area (Å²) >= 11 is 0. The van der Waals surface area contributed by atoms with Crippen LogP contribution in [0.1, 0.15) is 20.3 Å². The molecule has 0 spiro atoms. The fraction of sp³-hybridized carbons (Fsp3) is 0.875. The molecule has 2 aliphatic rings. The van der Waals surface area contributed by atoms with Crippen molar-refractivity contribution in [1.29, 1.82) is 0 Å². The molecule has 0 bridgehead atoms. The predicted octanol–water partition coefficient (Wildman–Crippen LogP) is 0.310. The maximum Gasteiger partial charge on any atom is 0.320 e. The summed E-state index contributed by atoms with van der Waals surface area (Å²) in [7, 11) is 0. The first-order valence-corrected chi connectivity index (χ1v) is 8.90. The molecule has 0 aromatic carbocycles. The molecule has 1 N–H and O–H groups in total. The molecule has 0 atom stereocenters. The first-order valence-electron chi connectivity index (χ1n) is 8.90. The molecule has 8 heteroatoms. The number of carbonyl (C=O) groups is 2. The average molecular weight is 362 g/mol. The minimum Gasteiger partial charge on any atom is -0.340 e. The Morgan fingerprint density at radius 1 is 0.917 bits per heavy atom. The van der Waals surface area contributed by atoms with Gasteiger partial charge in [0.05, 0.1) is 0 Å². The number of urea groups is 1. The lowest BCUT2D eigenvalue weighted by Crippen LogP contribution is -2.53. The predicted molar refractivity (Wildman–Crippen MR) is 97.6 cm³/mol. The first-order chi connectivity index (χ1) is 11.2. The fourth-order valence-electron chi connectivity index (χ4n) is 3.18. The van der Waals surface area contributed by atoms with E-state index in [0.717, 1.165) is 72.0 Å². The molecule has 2 fully saturated rings. The van der Waals surface area contributed by atoms with E-state index in [0.29, 0.717) is 6.42 Å². The van der Waals surface area contributed by atoms with Crippen LogP contribution in [0.5, 0.6) is 0 Å². The van der Waals surface area contributed by atoms with Gasteiger partial charge in [0.15, 0.2) is 0 Å². The number of hydrogen-bond acceptors (Lipinski definition) is 4. The number of nitrogens with one attached hydrogen (secondary N) is 1. The number of piperazine rings is 2. The number of hydrogen-bond donors (Lipinski definition) is 1. The Labute approximate surface area is 151 Å². The largest absolute Gasteiger partial charge is 0.340 e. The van der Waals surface area contributed by atoms with E-state index < -0.39 is 0 Å². The third kappa shape index (κ3) is 5.79. The Kier molecular flexibility index (Phi) is 9.39. The smallest absolute Gasteiger partial charge is 0.320 e. The van der Waals surface area contributed by atoms with Crippen LogP contribution in [0.4, 0.5) is 4.79 Å². The molecular weight excluding hydrogens is 330 g/mol. The minimum atomic E-state index is 0. The summed E-state index contributed by atoms with van der Waals surface area (Å²) in [5, 5.41) is 3.26. The van der Waals surface area contributed by atoms with Gasteiger partial charge >= 0.3 is 6.03 Å². The van der Waals surface area contributed by atoms with Crippen LogP contribution >= 0.6 is 12.4 Å². The van der Waals surface area contributed by atoms with Gasteiger partial charge in [-0.05, 0) is 13.8 Å². The van der Waals surface area contributed by atoms with Crippen molar-refractivity contribution >= 4 is 24.3 Å². The number of rotatable bonds is 5. The SMILES string of the molecule is CCN(CC)C(=O)N1CCN(CCC(=O)N2CCNCC2)CC1.Cl. The van der Waals surface area contributed by atoms with Gasteiger partial charge in [0, 0.05) is 78.4 Å². The van der Waals surface area contributed by atoms with Gasteiger partial charge in [-0.3, -0.25) is 9.69 Å². The molecule has 24 heavy (non-hydrogen) atoms. The third-order valence-electron chi connectivity index (χ3n) is 4.79. The molecule has 0 aromatic rings. The van der Waals surface area contributed by atoms with Crippen molar-refractivity contribution in [2.75, 3.05) is 72.0 Å². The molecule has 3 amide bonds. The van der Waals surface area contributed by atoms with E-state index in [1.165, 1.54) is 0 Å². The van der Waals surface area contributed by atoms with Crippen LogP contribution in [0.2, 0.25) is 0 Å². The molecule has 0 aromatic heterocycles. The van der Waals surface area contributed by atoms with E-state index >= 15 is 0 Å². The van der Waals surface area contributed by atoms with Crippen molar-refractivity contribution in [2.45, 2.75) is 20.3 Å². The molecule has 2 saturated heterocycles. The van der Waals surface area contributed by atoms with Crippen molar-refractivity contribution < 1.29 is 9.59 Å². The van der Waals surface area contributed by atoms with Crippen LogP contribution < -0.4 is 5.32 Å². The molecule has 2 aliphatic heterocycles. The van der Waals surface area contributed by atoms with E-state index in [-0.39, 0.29) is 24.3 Å². The van der Waals surface area contributed by atoms with Crippen LogP contribution in [-0.4, -0.2) is 104 Å². The van der Waals surface area contributed by atoms with Crippen LogP contribution in [0, 0.1) is 0 Å². The lowest BCUT2D eigenvalue weighted by Gasteiger charge is -2.37. The van der Waals surface area contributed by atoms with Crippen LogP contribution in [0.15, 0.2) is 0 Å². The molecule has 0 aliphatic carbocycles. The van der Waals surface area contributed by atoms with E-state index in [9.17, 15) is 9.59 Å². The van der Waals surface area contributed by atoms with Crippen molar-refractivity contribution in [3.8, 4) is 0 Å². The Bertz CT molecular complexity index is 392. The molecule has 140 valence electrons. The monoisotopic (exact) mass is 361 g/mol. The van der Waals surface area contributed by atoms with Gasteiger partial charge in [-0.2, -0.15) is 0 Å². The maximum atomic E-state index is 12.3. The summed E-state index contributed by atoms with van der Waals surface area (Å²) in [4.78, 5) is 32.5. The second-order valence-electron chi connectivity index (χ2n) is 6.16. The molecule has 2 rings (SSSR count). The highest BCUT2D eigenvalue weighted by Gasteiger charge is 2.24. The molecule has 7 nitrogen and oxygen atoms in total. The zero-order valence-corrected chi connectivity index (χ0v) is 15.8. The van der Waals surface area contributed by atoms with E-state index in [1.807, 2.05) is 28.5 Å². The quantitative estimate of drug-likeness (QED) is 0.765. The summed E-state index contributed by atoms with van der Waals surface area (Å²) < 4.78 is 0. The summed E-state index contributed by atoms with van der Waals surface area (Å²) in [6.07, 6.45) is 0.587. The molecule has 2 heterocycles. The van der Waals surface area contributed by atoms with E-state index in [4.69, 9.17) is 0 Å². The van der Waals surface area contributed by atoms with E-state index in [1.54, 1.807) is 0 Å². The summed E-state index contributed by atoms with van der Waals surface area (Å²) in [5.74, 6) is 0.258. The highest BCUT2D eigenvalue weighted by atomic mass is 35.5. The van der Waals surface area contributed by atoms with Crippen LogP contribution in [0.25, 0.3) is 0 Å². The maximum absolute atomic E-state index is 12.3.